The number of fused-ring (bicyclic) bond motifs is 1. The van der Waals surface area contributed by atoms with E-state index in [2.05, 4.69) is 9.97 Å². The summed E-state index contributed by atoms with van der Waals surface area (Å²) in [5.41, 5.74) is 4.14. The molecule has 2 fully saturated rings. The number of carbonyl (C=O) groups excluding carboxylic acids is 1. The number of likely N-dealkylation sites (tertiary alicyclic amines) is 1. The van der Waals surface area contributed by atoms with E-state index in [4.69, 9.17) is 9.15 Å². The Balaban J connectivity index is 1.32. The van der Waals surface area contributed by atoms with E-state index in [0.717, 1.165) is 29.9 Å². The van der Waals surface area contributed by atoms with Crippen LogP contribution in [0.3, 0.4) is 0 Å². The number of nitrogens with zero attached hydrogens (tertiary/aromatic N) is 3. The van der Waals surface area contributed by atoms with Crippen molar-refractivity contribution in [2.24, 2.45) is 5.41 Å². The molecule has 1 aromatic carbocycles. The van der Waals surface area contributed by atoms with Crippen LogP contribution in [0.2, 0.25) is 0 Å². The first-order valence-corrected chi connectivity index (χ1v) is 12.7. The zero-order valence-electron chi connectivity index (χ0n) is 18.4. The van der Waals surface area contributed by atoms with Crippen molar-refractivity contribution in [2.45, 2.75) is 4.90 Å². The molecule has 0 saturated carbocycles. The molecular weight excluding hydrogens is 454 g/mol. The van der Waals surface area contributed by atoms with Crippen LogP contribution in [0.5, 0.6) is 0 Å². The van der Waals surface area contributed by atoms with Gasteiger partial charge in [-0.05, 0) is 48.0 Å². The van der Waals surface area contributed by atoms with Gasteiger partial charge in [-0.15, -0.1) is 0 Å². The maximum atomic E-state index is 12.9. The molecule has 1 amide bonds. The second kappa shape index (κ2) is 7.48. The molecule has 172 valence electrons. The first-order valence-electron chi connectivity index (χ1n) is 10.8. The van der Waals surface area contributed by atoms with Gasteiger partial charge in [-0.25, -0.2) is 8.42 Å². The predicted molar refractivity (Wildman–Crippen MR) is 125 cm³/mol. The minimum Gasteiger partial charge on any atom is -0.454 e. The van der Waals surface area contributed by atoms with Crippen LogP contribution in [0.1, 0.15) is 10.5 Å². The van der Waals surface area contributed by atoms with Gasteiger partial charge in [-0.3, -0.25) is 14.8 Å². The number of ether oxygens (including phenoxy) is 1. The number of hydrogen-bond donors (Lipinski definition) is 0. The van der Waals surface area contributed by atoms with Crippen molar-refractivity contribution in [3.8, 4) is 22.5 Å². The van der Waals surface area contributed by atoms with Crippen molar-refractivity contribution >= 4 is 26.8 Å². The minimum absolute atomic E-state index is 0.0872. The fourth-order valence-electron chi connectivity index (χ4n) is 4.53. The van der Waals surface area contributed by atoms with Gasteiger partial charge in [0.05, 0.1) is 23.5 Å². The highest BCUT2D eigenvalue weighted by Crippen LogP contribution is 2.38. The van der Waals surface area contributed by atoms with Crippen LogP contribution in [0.15, 0.2) is 70.2 Å². The third-order valence-electron chi connectivity index (χ3n) is 6.43. The SMILES string of the molecule is CS(=O)(=O)c1ccc(-c2cc3nccc(-c4ccnc(C(=O)N5CC6(COC6)C5)c4)c3o2)cc1. The van der Waals surface area contributed by atoms with E-state index >= 15 is 0 Å². The second-order valence-electron chi connectivity index (χ2n) is 9.06. The third kappa shape index (κ3) is 3.48. The van der Waals surface area contributed by atoms with Gasteiger partial charge >= 0.3 is 0 Å². The summed E-state index contributed by atoms with van der Waals surface area (Å²) < 4.78 is 34.9. The van der Waals surface area contributed by atoms with Crippen LogP contribution >= 0.6 is 0 Å². The molecule has 2 saturated heterocycles. The van der Waals surface area contributed by atoms with Crippen LogP contribution < -0.4 is 0 Å². The van der Waals surface area contributed by atoms with Crippen LogP contribution in [0.25, 0.3) is 33.6 Å². The van der Waals surface area contributed by atoms with Crippen molar-refractivity contribution < 1.29 is 22.4 Å². The summed E-state index contributed by atoms with van der Waals surface area (Å²) in [4.78, 5) is 23.7. The molecule has 0 N–H and O–H groups in total. The number of carbonyl (C=O) groups is 1. The lowest BCUT2D eigenvalue weighted by atomic mass is 9.78. The van der Waals surface area contributed by atoms with Gasteiger partial charge in [0.2, 0.25) is 0 Å². The Hall–Kier alpha value is -3.56. The summed E-state index contributed by atoms with van der Waals surface area (Å²) in [7, 11) is -3.28. The summed E-state index contributed by atoms with van der Waals surface area (Å²) in [5, 5.41) is 0. The first kappa shape index (κ1) is 21.0. The van der Waals surface area contributed by atoms with E-state index in [1.54, 1.807) is 42.7 Å². The number of furan rings is 1. The lowest BCUT2D eigenvalue weighted by Gasteiger charge is -2.54. The molecule has 1 spiro atoms. The van der Waals surface area contributed by atoms with E-state index < -0.39 is 9.84 Å². The van der Waals surface area contributed by atoms with Gasteiger partial charge in [0, 0.05) is 48.9 Å². The molecule has 5 heterocycles. The Morgan fingerprint density at radius 2 is 1.71 bits per heavy atom. The van der Waals surface area contributed by atoms with Gasteiger partial charge in [-0.1, -0.05) is 0 Å². The summed E-state index contributed by atoms with van der Waals surface area (Å²) >= 11 is 0. The van der Waals surface area contributed by atoms with Gasteiger partial charge in [0.1, 0.15) is 17.0 Å². The summed E-state index contributed by atoms with van der Waals surface area (Å²) in [5.74, 6) is 0.490. The molecule has 6 rings (SSSR count). The lowest BCUT2D eigenvalue weighted by molar-refractivity contribution is -0.176. The maximum absolute atomic E-state index is 12.9. The van der Waals surface area contributed by atoms with Gasteiger partial charge < -0.3 is 14.1 Å². The molecule has 3 aromatic heterocycles. The predicted octanol–water partition coefficient (Wildman–Crippen LogP) is 3.43. The molecule has 34 heavy (non-hydrogen) atoms. The number of hydrogen-bond acceptors (Lipinski definition) is 7. The number of pyridine rings is 2. The molecule has 2 aliphatic rings. The fourth-order valence-corrected chi connectivity index (χ4v) is 5.16. The molecule has 0 atom stereocenters. The van der Waals surface area contributed by atoms with E-state index in [-0.39, 0.29) is 16.2 Å². The van der Waals surface area contributed by atoms with Crippen LogP contribution in [-0.4, -0.2) is 61.8 Å². The monoisotopic (exact) mass is 475 g/mol. The van der Waals surface area contributed by atoms with Crippen molar-refractivity contribution in [3.63, 3.8) is 0 Å². The number of sulfone groups is 1. The summed E-state index contributed by atoms with van der Waals surface area (Å²) in [6.45, 7) is 2.85. The lowest BCUT2D eigenvalue weighted by Crippen LogP contribution is -2.67. The highest BCUT2D eigenvalue weighted by atomic mass is 32.2. The Morgan fingerprint density at radius 3 is 2.38 bits per heavy atom. The number of aromatic nitrogens is 2. The van der Waals surface area contributed by atoms with Crippen LogP contribution in [-0.2, 0) is 14.6 Å². The van der Waals surface area contributed by atoms with E-state index in [1.165, 1.54) is 6.26 Å². The molecule has 8 nitrogen and oxygen atoms in total. The maximum Gasteiger partial charge on any atom is 0.272 e. The molecule has 0 unspecified atom stereocenters. The topological polar surface area (TPSA) is 103 Å². The molecule has 0 aliphatic carbocycles. The molecule has 9 heteroatoms. The normalized spacial score (nSPS) is 16.9. The second-order valence-corrected chi connectivity index (χ2v) is 11.1. The van der Waals surface area contributed by atoms with Crippen molar-refractivity contribution in [2.75, 3.05) is 32.6 Å². The van der Waals surface area contributed by atoms with Crippen LogP contribution in [0.4, 0.5) is 0 Å². The zero-order valence-corrected chi connectivity index (χ0v) is 19.2. The first-order chi connectivity index (χ1) is 16.3. The largest absolute Gasteiger partial charge is 0.454 e. The quantitative estimate of drug-likeness (QED) is 0.445. The van der Waals surface area contributed by atoms with Crippen molar-refractivity contribution in [1.29, 1.82) is 0 Å². The van der Waals surface area contributed by atoms with Crippen molar-refractivity contribution in [1.82, 2.24) is 14.9 Å². The average Bonchev–Trinajstić information content (AvgIpc) is 3.21. The molecule has 2 aliphatic heterocycles. The van der Waals surface area contributed by atoms with Gasteiger partial charge in [0.25, 0.3) is 5.91 Å². The standard InChI is InChI=1S/C25H21N3O5S/c1-34(30,31)18-4-2-16(3-5-18)22-11-20-23(33-22)19(7-9-26-20)17-6-8-27-21(10-17)24(29)28-12-25(13-28)14-32-15-25/h2-11H,12-15H2,1H3. The van der Waals surface area contributed by atoms with Crippen LogP contribution in [0, 0.1) is 5.41 Å². The van der Waals surface area contributed by atoms with Crippen molar-refractivity contribution in [3.05, 3.63) is 66.6 Å². The smallest absolute Gasteiger partial charge is 0.272 e. The summed E-state index contributed by atoms with van der Waals surface area (Å²) in [6.07, 6.45) is 4.50. The molecule has 0 bridgehead atoms. The number of benzene rings is 1. The summed E-state index contributed by atoms with van der Waals surface area (Å²) in [6, 6.07) is 13.8. The number of rotatable bonds is 4. The average molecular weight is 476 g/mol. The van der Waals surface area contributed by atoms with E-state index in [1.807, 2.05) is 23.1 Å². The highest BCUT2D eigenvalue weighted by molar-refractivity contribution is 7.90. The van der Waals surface area contributed by atoms with Gasteiger partial charge in [0.15, 0.2) is 15.4 Å². The van der Waals surface area contributed by atoms with Gasteiger partial charge in [-0.2, -0.15) is 0 Å². The Bertz CT molecular complexity index is 1530. The Labute approximate surface area is 196 Å². The highest BCUT2D eigenvalue weighted by Gasteiger charge is 2.50. The fraction of sp³-hybridized carbons (Fsp3) is 0.240. The Morgan fingerprint density at radius 1 is 0.971 bits per heavy atom. The minimum atomic E-state index is -3.28. The zero-order chi connectivity index (χ0) is 23.5. The molecule has 4 aromatic rings. The molecule has 0 radical (unpaired) electrons. The third-order valence-corrected chi connectivity index (χ3v) is 7.55. The van der Waals surface area contributed by atoms with E-state index in [0.29, 0.717) is 35.6 Å². The number of amides is 1. The van der Waals surface area contributed by atoms with E-state index in [9.17, 15) is 13.2 Å². The molecular formula is C25H21N3O5S. The Kier molecular flexibility index (Phi) is 4.62.